The van der Waals surface area contributed by atoms with Crippen molar-refractivity contribution in [2.45, 2.75) is 25.3 Å². The zero-order chi connectivity index (χ0) is 17.3. The Morgan fingerprint density at radius 1 is 1.25 bits per heavy atom. The lowest BCUT2D eigenvalue weighted by Crippen LogP contribution is -2.45. The van der Waals surface area contributed by atoms with E-state index in [4.69, 9.17) is 10.6 Å². The molecule has 0 atom stereocenters. The summed E-state index contributed by atoms with van der Waals surface area (Å²) in [4.78, 5) is 0. The number of pyridine rings is 1. The average Bonchev–Trinajstić information content (AvgIpc) is 3.37. The molecule has 6 nitrogen and oxygen atoms in total. The number of aromatic nitrogens is 1. The molecule has 1 aliphatic rings. The first-order valence-electron chi connectivity index (χ1n) is 7.79. The number of nitrogens with two attached hydrogens (primary N) is 1. The monoisotopic (exact) mass is 348 g/mol. The summed E-state index contributed by atoms with van der Waals surface area (Å²) >= 11 is 0. The molecule has 0 aliphatic heterocycles. The summed E-state index contributed by atoms with van der Waals surface area (Å²) < 4.78 is 32.8. The van der Waals surface area contributed by atoms with Crippen LogP contribution >= 0.6 is 0 Å². The molecule has 1 heterocycles. The summed E-state index contributed by atoms with van der Waals surface area (Å²) in [5.74, 6) is 7.00. The Hall–Kier alpha value is -2.28. The number of nitrogens with zero attached hydrogens (tertiary/aromatic N) is 2. The first-order valence-corrected chi connectivity index (χ1v) is 9.64. The van der Waals surface area contributed by atoms with Gasteiger partial charge in [0.05, 0.1) is 19.9 Å². The first-order chi connectivity index (χ1) is 11.4. The molecule has 24 heavy (non-hydrogen) atoms. The van der Waals surface area contributed by atoms with Crippen molar-refractivity contribution in [3.05, 3.63) is 53.9 Å². The predicted octanol–water partition coefficient (Wildman–Crippen LogP) is 1.54. The number of anilines is 1. The molecule has 0 bridgehead atoms. The predicted molar refractivity (Wildman–Crippen MR) is 92.8 cm³/mol. The summed E-state index contributed by atoms with van der Waals surface area (Å²) in [5.41, 5.74) is 2.58. The Balaban J connectivity index is 1.99. The minimum Gasteiger partial charge on any atom is -0.497 e. The molecule has 1 saturated carbocycles. The van der Waals surface area contributed by atoms with Gasteiger partial charge in [-0.15, -0.1) is 0 Å². The normalized spacial score (nSPS) is 14.4. The van der Waals surface area contributed by atoms with Crippen molar-refractivity contribution < 1.29 is 17.8 Å². The second-order valence-electron chi connectivity index (χ2n) is 6.12. The average molecular weight is 348 g/mol. The van der Waals surface area contributed by atoms with Crippen molar-refractivity contribution >= 4 is 15.7 Å². The Labute approximate surface area is 142 Å². The van der Waals surface area contributed by atoms with Gasteiger partial charge in [0.1, 0.15) is 11.4 Å². The zero-order valence-corrected chi connectivity index (χ0v) is 14.7. The fourth-order valence-electron chi connectivity index (χ4n) is 2.74. The third-order valence-corrected chi connectivity index (χ3v) is 5.29. The molecule has 1 aliphatic carbocycles. The number of benzene rings is 1. The number of methoxy groups -OCH3 is 1. The highest BCUT2D eigenvalue weighted by Gasteiger charge is 2.32. The number of rotatable bonds is 6. The number of nitrogen functional groups attached to an aromatic ring is 1. The van der Waals surface area contributed by atoms with Crippen LogP contribution in [0.5, 0.6) is 5.75 Å². The van der Waals surface area contributed by atoms with Crippen molar-refractivity contribution in [1.82, 2.24) is 0 Å². The van der Waals surface area contributed by atoms with Gasteiger partial charge in [0.15, 0.2) is 6.20 Å². The minimum absolute atomic E-state index is 0.257. The maximum absolute atomic E-state index is 12.4. The molecular formula is C17H22N3O3S+. The third-order valence-electron chi connectivity index (χ3n) is 4.16. The van der Waals surface area contributed by atoms with Gasteiger partial charge in [-0.2, -0.15) is 0 Å². The van der Waals surface area contributed by atoms with Gasteiger partial charge in [-0.25, -0.2) is 14.3 Å². The van der Waals surface area contributed by atoms with Gasteiger partial charge in [0, 0.05) is 6.07 Å². The van der Waals surface area contributed by atoms with E-state index in [9.17, 15) is 8.42 Å². The van der Waals surface area contributed by atoms with Crippen LogP contribution in [0.1, 0.15) is 29.9 Å². The van der Waals surface area contributed by atoms with Crippen LogP contribution in [0.2, 0.25) is 0 Å². The van der Waals surface area contributed by atoms with Gasteiger partial charge < -0.3 is 4.74 Å². The fraction of sp³-hybridized carbons (Fsp3) is 0.353. The second-order valence-corrected chi connectivity index (χ2v) is 8.03. The molecule has 0 amide bonds. The number of ether oxygens (including phenoxy) is 1. The largest absolute Gasteiger partial charge is 0.497 e. The minimum atomic E-state index is -3.44. The highest BCUT2D eigenvalue weighted by atomic mass is 32.2. The van der Waals surface area contributed by atoms with Crippen LogP contribution in [0.15, 0.2) is 42.7 Å². The molecule has 0 spiro atoms. The van der Waals surface area contributed by atoms with Crippen LogP contribution in [0.4, 0.5) is 5.69 Å². The van der Waals surface area contributed by atoms with Crippen molar-refractivity contribution in [3.63, 3.8) is 0 Å². The molecule has 0 saturated heterocycles. The topological polar surface area (TPSA) is 76.5 Å². The molecule has 128 valence electrons. The number of hydrogen-bond donors (Lipinski definition) is 1. The SMILES string of the molecule is COc1ccc(CN(c2c[n+](N)ccc2C2CC2)S(C)(=O)=O)cc1. The van der Waals surface area contributed by atoms with Crippen molar-refractivity contribution in [3.8, 4) is 5.75 Å². The van der Waals surface area contributed by atoms with Gasteiger partial charge in [0.25, 0.3) is 0 Å². The molecule has 1 fully saturated rings. The second kappa shape index (κ2) is 6.32. The third kappa shape index (κ3) is 3.62. The molecule has 3 rings (SSSR count). The summed E-state index contributed by atoms with van der Waals surface area (Å²) in [6, 6.07) is 9.30. The van der Waals surface area contributed by atoms with Crippen LogP contribution in [0, 0.1) is 0 Å². The van der Waals surface area contributed by atoms with E-state index in [2.05, 4.69) is 0 Å². The van der Waals surface area contributed by atoms with Crippen LogP contribution in [-0.2, 0) is 16.6 Å². The van der Waals surface area contributed by atoms with Gasteiger partial charge in [-0.05, 0) is 42.0 Å². The molecule has 1 aromatic heterocycles. The van der Waals surface area contributed by atoms with E-state index in [0.29, 0.717) is 11.6 Å². The van der Waals surface area contributed by atoms with E-state index in [1.807, 2.05) is 30.3 Å². The van der Waals surface area contributed by atoms with E-state index in [1.165, 1.54) is 15.2 Å². The van der Waals surface area contributed by atoms with Gasteiger partial charge in [-0.1, -0.05) is 16.8 Å². The number of hydrogen-bond acceptors (Lipinski definition) is 4. The van der Waals surface area contributed by atoms with Crippen LogP contribution in [-0.4, -0.2) is 21.8 Å². The lowest BCUT2D eigenvalue weighted by atomic mass is 10.1. The number of sulfonamides is 1. The molecule has 0 unspecified atom stereocenters. The van der Waals surface area contributed by atoms with Crippen LogP contribution < -0.4 is 19.6 Å². The molecule has 2 N–H and O–H groups in total. The zero-order valence-electron chi connectivity index (χ0n) is 13.8. The van der Waals surface area contributed by atoms with Gasteiger partial charge in [0.2, 0.25) is 16.2 Å². The van der Waals surface area contributed by atoms with E-state index in [0.717, 1.165) is 29.7 Å². The van der Waals surface area contributed by atoms with Crippen molar-refractivity contribution in [2.24, 2.45) is 0 Å². The van der Waals surface area contributed by atoms with Crippen LogP contribution in [0.3, 0.4) is 0 Å². The van der Waals surface area contributed by atoms with Gasteiger partial charge in [-0.3, -0.25) is 4.31 Å². The molecule has 1 aromatic carbocycles. The van der Waals surface area contributed by atoms with E-state index >= 15 is 0 Å². The van der Waals surface area contributed by atoms with Gasteiger partial charge >= 0.3 is 0 Å². The summed E-state index contributed by atoms with van der Waals surface area (Å²) in [6.07, 6.45) is 6.83. The maximum atomic E-state index is 12.4. The lowest BCUT2D eigenvalue weighted by Gasteiger charge is -2.23. The fourth-order valence-corrected chi connectivity index (χ4v) is 3.63. The summed E-state index contributed by atoms with van der Waals surface area (Å²) in [5, 5.41) is 0. The van der Waals surface area contributed by atoms with Crippen molar-refractivity contribution in [1.29, 1.82) is 0 Å². The summed E-state index contributed by atoms with van der Waals surface area (Å²) in [7, 11) is -1.84. The first kappa shape index (κ1) is 16.6. The lowest BCUT2D eigenvalue weighted by molar-refractivity contribution is -0.638. The molecular weight excluding hydrogens is 326 g/mol. The van der Waals surface area contributed by atoms with Crippen LogP contribution in [0.25, 0.3) is 0 Å². The maximum Gasteiger partial charge on any atom is 0.232 e. The Bertz CT molecular complexity index is 831. The highest BCUT2D eigenvalue weighted by Crippen LogP contribution is 2.44. The smallest absolute Gasteiger partial charge is 0.232 e. The van der Waals surface area contributed by atoms with E-state index in [-0.39, 0.29) is 6.54 Å². The molecule has 2 aromatic rings. The Morgan fingerprint density at radius 2 is 1.92 bits per heavy atom. The van der Waals surface area contributed by atoms with E-state index < -0.39 is 10.0 Å². The Morgan fingerprint density at radius 3 is 2.46 bits per heavy atom. The summed E-state index contributed by atoms with van der Waals surface area (Å²) in [6.45, 7) is 0.257. The quantitative estimate of drug-likeness (QED) is 0.635. The highest BCUT2D eigenvalue weighted by molar-refractivity contribution is 7.92. The Kier molecular flexibility index (Phi) is 4.36. The van der Waals surface area contributed by atoms with E-state index in [1.54, 1.807) is 19.5 Å². The molecule has 7 heteroatoms. The van der Waals surface area contributed by atoms with Crippen molar-refractivity contribution in [2.75, 3.05) is 23.5 Å². The molecule has 0 radical (unpaired) electrons. The standard InChI is InChI=1S/C17H22N3O3S/c1-23-15-7-3-13(4-8-15)11-20(24(2,21)22)17-12-19(18)10-9-16(17)14-5-6-14/h3-4,7-10,12,14H,5-6,11,18H2,1-2H3/q+1.